The molecule has 0 saturated carbocycles. The quantitative estimate of drug-likeness (QED) is 0.576. The summed E-state index contributed by atoms with van der Waals surface area (Å²) >= 11 is 0. The molecule has 0 fully saturated rings. The molecule has 0 aromatic heterocycles. The topological polar surface area (TPSA) is 0 Å². The molecule has 0 unspecified atom stereocenters. The molecule has 2 aliphatic carbocycles. The van der Waals surface area contributed by atoms with Gasteiger partial charge in [0.05, 0.1) is 0 Å². The Morgan fingerprint density at radius 3 is 3.14 bits per heavy atom. The van der Waals surface area contributed by atoms with E-state index in [0.29, 0.717) is 5.41 Å². The summed E-state index contributed by atoms with van der Waals surface area (Å²) in [6, 6.07) is 6.78. The number of allylic oxidation sites excluding steroid dienone is 1. The van der Waals surface area contributed by atoms with E-state index in [9.17, 15) is 0 Å². The van der Waals surface area contributed by atoms with Crippen LogP contribution in [0.15, 0.2) is 24.3 Å². The van der Waals surface area contributed by atoms with Crippen LogP contribution in [-0.4, -0.2) is 0 Å². The van der Waals surface area contributed by atoms with Gasteiger partial charge in [0.2, 0.25) is 0 Å². The fourth-order valence-electron chi connectivity index (χ4n) is 3.15. The SMILES string of the molecule is C[C@@]12CC=Cc3cccc(c31)CCC2. The van der Waals surface area contributed by atoms with E-state index in [0.717, 1.165) is 0 Å². The van der Waals surface area contributed by atoms with Crippen LogP contribution < -0.4 is 0 Å². The molecule has 1 atom stereocenters. The van der Waals surface area contributed by atoms with Crippen molar-refractivity contribution in [3.05, 3.63) is 41.0 Å². The molecule has 0 aliphatic heterocycles. The summed E-state index contributed by atoms with van der Waals surface area (Å²) in [5.41, 5.74) is 5.16. The smallest absolute Gasteiger partial charge is 0.00319 e. The average molecular weight is 184 g/mol. The third kappa shape index (κ3) is 1.00. The predicted octanol–water partition coefficient (Wildman–Crippen LogP) is 3.70. The molecular weight excluding hydrogens is 168 g/mol. The van der Waals surface area contributed by atoms with Gasteiger partial charge in [0, 0.05) is 0 Å². The van der Waals surface area contributed by atoms with Crippen LogP contribution in [0.4, 0.5) is 0 Å². The Bertz CT molecular complexity index is 400. The Kier molecular flexibility index (Phi) is 1.61. The van der Waals surface area contributed by atoms with Gasteiger partial charge in [-0.15, -0.1) is 0 Å². The maximum atomic E-state index is 2.43. The summed E-state index contributed by atoms with van der Waals surface area (Å²) in [5.74, 6) is 0. The molecule has 0 amide bonds. The van der Waals surface area contributed by atoms with E-state index >= 15 is 0 Å². The van der Waals surface area contributed by atoms with Gasteiger partial charge >= 0.3 is 0 Å². The lowest BCUT2D eigenvalue weighted by Crippen LogP contribution is -2.29. The van der Waals surface area contributed by atoms with E-state index in [1.807, 2.05) is 0 Å². The number of aryl methyl sites for hydroxylation is 1. The lowest BCUT2D eigenvalue weighted by Gasteiger charge is -2.38. The van der Waals surface area contributed by atoms with Crippen molar-refractivity contribution in [3.8, 4) is 0 Å². The third-order valence-corrected chi connectivity index (χ3v) is 3.83. The van der Waals surface area contributed by atoms with E-state index < -0.39 is 0 Å². The fraction of sp³-hybridized carbons (Fsp3) is 0.429. The van der Waals surface area contributed by atoms with Crippen LogP contribution in [0.1, 0.15) is 42.9 Å². The monoisotopic (exact) mass is 184 g/mol. The Labute approximate surface area is 85.6 Å². The summed E-state index contributed by atoms with van der Waals surface area (Å²) in [7, 11) is 0. The molecule has 1 aromatic rings. The highest BCUT2D eigenvalue weighted by atomic mass is 14.4. The fourth-order valence-corrected chi connectivity index (χ4v) is 3.15. The molecule has 0 saturated heterocycles. The van der Waals surface area contributed by atoms with Crippen LogP contribution in [0.3, 0.4) is 0 Å². The molecule has 0 radical (unpaired) electrons. The van der Waals surface area contributed by atoms with Crippen molar-refractivity contribution in [1.82, 2.24) is 0 Å². The molecule has 0 spiro atoms. The van der Waals surface area contributed by atoms with Crippen molar-refractivity contribution in [1.29, 1.82) is 0 Å². The van der Waals surface area contributed by atoms with Gasteiger partial charge < -0.3 is 0 Å². The molecule has 0 heterocycles. The van der Waals surface area contributed by atoms with E-state index in [4.69, 9.17) is 0 Å². The van der Waals surface area contributed by atoms with Crippen molar-refractivity contribution in [2.75, 3.05) is 0 Å². The second-order valence-corrected chi connectivity index (χ2v) is 4.90. The highest BCUT2D eigenvalue weighted by Crippen LogP contribution is 2.44. The van der Waals surface area contributed by atoms with Crippen molar-refractivity contribution >= 4 is 6.08 Å². The second kappa shape index (κ2) is 2.73. The van der Waals surface area contributed by atoms with Gasteiger partial charge in [0.15, 0.2) is 0 Å². The van der Waals surface area contributed by atoms with Gasteiger partial charge in [0.25, 0.3) is 0 Å². The van der Waals surface area contributed by atoms with Crippen LogP contribution in [-0.2, 0) is 11.8 Å². The van der Waals surface area contributed by atoms with Crippen LogP contribution in [0.5, 0.6) is 0 Å². The van der Waals surface area contributed by atoms with E-state index in [-0.39, 0.29) is 0 Å². The first-order valence-corrected chi connectivity index (χ1v) is 5.58. The molecule has 0 bridgehead atoms. The molecule has 0 nitrogen and oxygen atoms in total. The summed E-state index contributed by atoms with van der Waals surface area (Å²) in [6.07, 6.45) is 9.88. The zero-order valence-corrected chi connectivity index (χ0v) is 8.72. The normalized spacial score (nSPS) is 28.6. The van der Waals surface area contributed by atoms with Crippen molar-refractivity contribution in [2.45, 2.75) is 38.0 Å². The van der Waals surface area contributed by atoms with E-state index in [2.05, 4.69) is 37.3 Å². The summed E-state index contributed by atoms with van der Waals surface area (Å²) in [6.45, 7) is 2.43. The number of benzene rings is 1. The van der Waals surface area contributed by atoms with Crippen molar-refractivity contribution in [3.63, 3.8) is 0 Å². The maximum absolute atomic E-state index is 2.43. The molecule has 1 aromatic carbocycles. The lowest BCUT2D eigenvalue weighted by molar-refractivity contribution is 0.394. The molecular formula is C14H16. The zero-order valence-electron chi connectivity index (χ0n) is 8.72. The minimum absolute atomic E-state index is 0.443. The Morgan fingerprint density at radius 2 is 2.21 bits per heavy atom. The summed E-state index contributed by atoms with van der Waals surface area (Å²) in [5, 5.41) is 0. The van der Waals surface area contributed by atoms with Crippen LogP contribution in [0.2, 0.25) is 0 Å². The van der Waals surface area contributed by atoms with Crippen LogP contribution in [0.25, 0.3) is 6.08 Å². The van der Waals surface area contributed by atoms with Crippen LogP contribution >= 0.6 is 0 Å². The summed E-state index contributed by atoms with van der Waals surface area (Å²) in [4.78, 5) is 0. The molecule has 14 heavy (non-hydrogen) atoms. The van der Waals surface area contributed by atoms with Gasteiger partial charge in [-0.3, -0.25) is 0 Å². The molecule has 3 rings (SSSR count). The van der Waals surface area contributed by atoms with E-state index in [1.165, 1.54) is 31.2 Å². The van der Waals surface area contributed by atoms with Gasteiger partial charge in [-0.25, -0.2) is 0 Å². The summed E-state index contributed by atoms with van der Waals surface area (Å²) < 4.78 is 0. The van der Waals surface area contributed by atoms with Crippen LogP contribution in [0, 0.1) is 0 Å². The van der Waals surface area contributed by atoms with Crippen molar-refractivity contribution in [2.24, 2.45) is 0 Å². The first-order valence-electron chi connectivity index (χ1n) is 5.58. The second-order valence-electron chi connectivity index (χ2n) is 4.90. The minimum Gasteiger partial charge on any atom is -0.0831 e. The minimum atomic E-state index is 0.443. The predicted molar refractivity (Wildman–Crippen MR) is 60.4 cm³/mol. The standard InChI is InChI=1S/C14H16/c1-14-9-3-7-11-5-2-6-12(13(11)14)8-4-10-14/h2-3,5-7H,4,8-10H2,1H3/t14-/m0/s1. The Hall–Kier alpha value is -1.04. The molecule has 0 N–H and O–H groups in total. The van der Waals surface area contributed by atoms with Gasteiger partial charge in [0.1, 0.15) is 0 Å². The average Bonchev–Trinajstić information content (AvgIpc) is 2.18. The van der Waals surface area contributed by atoms with Crippen molar-refractivity contribution < 1.29 is 0 Å². The highest BCUT2D eigenvalue weighted by molar-refractivity contribution is 5.62. The van der Waals surface area contributed by atoms with Gasteiger partial charge in [-0.05, 0) is 47.8 Å². The first kappa shape index (κ1) is 8.28. The first-order chi connectivity index (χ1) is 6.80. The number of hydrogen-bond acceptors (Lipinski definition) is 0. The van der Waals surface area contributed by atoms with Gasteiger partial charge in [-0.1, -0.05) is 37.3 Å². The van der Waals surface area contributed by atoms with Gasteiger partial charge in [-0.2, -0.15) is 0 Å². The zero-order chi connectivity index (χ0) is 9.60. The molecule has 0 heteroatoms. The molecule has 72 valence electrons. The number of hydrogen-bond donors (Lipinski definition) is 0. The highest BCUT2D eigenvalue weighted by Gasteiger charge is 2.33. The maximum Gasteiger partial charge on any atom is -0.00319 e. The Morgan fingerprint density at radius 1 is 1.29 bits per heavy atom. The van der Waals surface area contributed by atoms with E-state index in [1.54, 1.807) is 11.1 Å². The molecule has 2 aliphatic rings. The largest absolute Gasteiger partial charge is 0.0831 e. The lowest BCUT2D eigenvalue weighted by atomic mass is 9.66. The number of rotatable bonds is 0. The Balaban J connectivity index is 2.30. The third-order valence-electron chi connectivity index (χ3n) is 3.83.